The van der Waals surface area contributed by atoms with Gasteiger partial charge in [-0.05, 0) is 6.92 Å². The predicted octanol–water partition coefficient (Wildman–Crippen LogP) is -1.61. The predicted molar refractivity (Wildman–Crippen MR) is 37.9 cm³/mol. The van der Waals surface area contributed by atoms with Crippen LogP contribution >= 0.6 is 0 Å². The van der Waals surface area contributed by atoms with Gasteiger partial charge in [0.2, 0.25) is 9.76 Å². The zero-order valence-electron chi connectivity index (χ0n) is 4.82. The van der Waals surface area contributed by atoms with E-state index >= 15 is 0 Å². The Balaban J connectivity index is 2.78. The Morgan fingerprint density at radius 1 is 1.86 bits per heavy atom. The molecule has 0 radical (unpaired) electrons. The van der Waals surface area contributed by atoms with E-state index in [1.165, 1.54) is 0 Å². The summed E-state index contributed by atoms with van der Waals surface area (Å²) in [5.41, 5.74) is 5.91. The maximum absolute atomic E-state index is 5.06. The largest absolute Gasteiger partial charge is 0.411 e. The van der Waals surface area contributed by atoms with E-state index < -0.39 is 9.76 Å². The van der Waals surface area contributed by atoms with Crippen molar-refractivity contribution in [3.05, 3.63) is 0 Å². The third kappa shape index (κ3) is 5.95. The van der Waals surface area contributed by atoms with Gasteiger partial charge in [0.15, 0.2) is 0 Å². The third-order valence-corrected chi connectivity index (χ3v) is 2.73. The highest BCUT2D eigenvalue weighted by molar-refractivity contribution is 6.41. The molecule has 0 rings (SSSR count). The van der Waals surface area contributed by atoms with Crippen molar-refractivity contribution in [3.8, 4) is 11.1 Å². The number of rotatable bonds is 2. The molecule has 0 fully saturated rings. The van der Waals surface area contributed by atoms with Crippen LogP contribution in [0, 0.1) is 11.1 Å². The zero-order valence-corrected chi connectivity index (χ0v) is 8.24. The van der Waals surface area contributed by atoms with E-state index in [1.54, 1.807) is 0 Å². The van der Waals surface area contributed by atoms with Gasteiger partial charge < -0.3 is 4.43 Å². The Bertz CT molecular complexity index is 81.4. The molecule has 0 spiro atoms. The van der Waals surface area contributed by atoms with Crippen LogP contribution in [0.2, 0.25) is 0 Å². The van der Waals surface area contributed by atoms with Gasteiger partial charge in [0.05, 0.1) is 10.2 Å². The fourth-order valence-electron chi connectivity index (χ4n) is 0.225. The van der Waals surface area contributed by atoms with E-state index in [9.17, 15) is 0 Å². The molecule has 0 aliphatic carbocycles. The monoisotopic (exact) mass is 130 g/mol. The molecule has 0 aromatic carbocycles. The summed E-state index contributed by atoms with van der Waals surface area (Å²) in [5.74, 6) is 0. The summed E-state index contributed by atoms with van der Waals surface area (Å²) >= 11 is 0. The lowest BCUT2D eigenvalue weighted by molar-refractivity contribution is 0.368. The quantitative estimate of drug-likeness (QED) is 0.248. The van der Waals surface area contributed by atoms with Crippen LogP contribution in [0.25, 0.3) is 0 Å². The summed E-state index contributed by atoms with van der Waals surface area (Å²) in [6, 6.07) is 0. The minimum Gasteiger partial charge on any atom is -0.411 e. The molecule has 0 saturated carbocycles. The van der Waals surface area contributed by atoms with Crippen LogP contribution in [0.3, 0.4) is 0 Å². The molecular weight excluding hydrogens is 120 g/mol. The van der Waals surface area contributed by atoms with Crippen LogP contribution in [0.5, 0.6) is 0 Å². The summed E-state index contributed by atoms with van der Waals surface area (Å²) in [6.45, 7) is 2.84. The molecule has 0 aliphatic rings. The molecule has 0 heterocycles. The van der Waals surface area contributed by atoms with Crippen molar-refractivity contribution in [1.29, 1.82) is 0 Å². The topological polar surface area (TPSA) is 9.23 Å². The first-order valence-corrected chi connectivity index (χ1v) is 4.67. The van der Waals surface area contributed by atoms with Gasteiger partial charge in [-0.2, -0.15) is 0 Å². The highest BCUT2D eigenvalue weighted by atomic mass is 28.2. The summed E-state index contributed by atoms with van der Waals surface area (Å²) in [5, 5.41) is 0. The van der Waals surface area contributed by atoms with Gasteiger partial charge in [-0.25, -0.2) is 0 Å². The SMILES string of the molecule is CCO[SiH2]C#C[SiH3]. The van der Waals surface area contributed by atoms with Gasteiger partial charge in [0.1, 0.15) is 0 Å². The van der Waals surface area contributed by atoms with E-state index in [0.29, 0.717) is 0 Å². The van der Waals surface area contributed by atoms with Gasteiger partial charge in [0, 0.05) is 6.61 Å². The average Bonchev–Trinajstić information content (AvgIpc) is 1.69. The van der Waals surface area contributed by atoms with Crippen molar-refractivity contribution in [1.82, 2.24) is 0 Å². The van der Waals surface area contributed by atoms with Gasteiger partial charge in [-0.1, -0.05) is 0 Å². The van der Waals surface area contributed by atoms with Gasteiger partial charge >= 0.3 is 0 Å². The molecule has 7 heavy (non-hydrogen) atoms. The van der Waals surface area contributed by atoms with E-state index in [2.05, 4.69) is 11.1 Å². The molecule has 0 N–H and O–H groups in total. The van der Waals surface area contributed by atoms with Gasteiger partial charge in [0.25, 0.3) is 0 Å². The van der Waals surface area contributed by atoms with Crippen molar-refractivity contribution in [2.75, 3.05) is 6.61 Å². The van der Waals surface area contributed by atoms with Crippen LogP contribution in [0.15, 0.2) is 0 Å². The minimum atomic E-state index is -0.415. The Hall–Kier alpha value is -0.0462. The molecular formula is C4H10OSi2. The number of hydrogen-bond donors (Lipinski definition) is 0. The lowest BCUT2D eigenvalue weighted by atomic mass is 10.9. The van der Waals surface area contributed by atoms with Crippen LogP contribution in [-0.2, 0) is 4.43 Å². The maximum atomic E-state index is 5.06. The number of hydrogen-bond acceptors (Lipinski definition) is 1. The van der Waals surface area contributed by atoms with E-state index in [4.69, 9.17) is 4.43 Å². The Morgan fingerprint density at radius 3 is 3.00 bits per heavy atom. The minimum absolute atomic E-state index is 0.415. The molecule has 0 saturated heterocycles. The van der Waals surface area contributed by atoms with Crippen molar-refractivity contribution >= 4 is 20.0 Å². The second-order valence-electron chi connectivity index (χ2n) is 1.06. The second kappa shape index (κ2) is 5.95. The molecule has 0 aromatic rings. The van der Waals surface area contributed by atoms with Crippen LogP contribution in [-0.4, -0.2) is 26.6 Å². The molecule has 0 bridgehead atoms. The summed E-state index contributed by atoms with van der Waals surface area (Å²) in [7, 11) is 0.584. The Labute approximate surface area is 49.8 Å². The molecule has 3 heteroatoms. The third-order valence-electron chi connectivity index (χ3n) is 0.555. The molecule has 0 aliphatic heterocycles. The van der Waals surface area contributed by atoms with Gasteiger partial charge in [-0.3, -0.25) is 0 Å². The highest BCUT2D eigenvalue weighted by Gasteiger charge is 1.71. The van der Waals surface area contributed by atoms with Crippen molar-refractivity contribution in [3.63, 3.8) is 0 Å². The summed E-state index contributed by atoms with van der Waals surface area (Å²) < 4.78 is 5.06. The first-order valence-electron chi connectivity index (χ1n) is 2.39. The standard InChI is InChI=1S/C4H10OSi2/c1-2-5-7-4-3-6/h2,7H2,1,6H3. The van der Waals surface area contributed by atoms with Crippen molar-refractivity contribution < 1.29 is 4.43 Å². The van der Waals surface area contributed by atoms with Crippen molar-refractivity contribution in [2.24, 2.45) is 0 Å². The van der Waals surface area contributed by atoms with Crippen LogP contribution in [0.1, 0.15) is 6.92 Å². The highest BCUT2D eigenvalue weighted by Crippen LogP contribution is 1.62. The first-order chi connectivity index (χ1) is 3.41. The zero-order chi connectivity index (χ0) is 5.54. The summed E-state index contributed by atoms with van der Waals surface area (Å²) in [6.07, 6.45) is 0. The normalized spacial score (nSPS) is 9.29. The second-order valence-corrected chi connectivity index (χ2v) is 2.61. The average molecular weight is 130 g/mol. The fourth-order valence-corrected chi connectivity index (χ4v) is 1.11. The molecule has 0 aromatic heterocycles. The smallest absolute Gasteiger partial charge is 0.239 e. The van der Waals surface area contributed by atoms with Crippen molar-refractivity contribution in [2.45, 2.75) is 6.92 Å². The maximum Gasteiger partial charge on any atom is 0.239 e. The molecule has 0 amide bonds. The van der Waals surface area contributed by atoms with Crippen LogP contribution in [0.4, 0.5) is 0 Å². The van der Waals surface area contributed by atoms with E-state index in [-0.39, 0.29) is 0 Å². The first kappa shape index (κ1) is 6.95. The lowest BCUT2D eigenvalue weighted by Gasteiger charge is -1.86. The lowest BCUT2D eigenvalue weighted by Crippen LogP contribution is -1.93. The van der Waals surface area contributed by atoms with Gasteiger partial charge in [-0.15, -0.1) is 11.1 Å². The van der Waals surface area contributed by atoms with E-state index in [1.807, 2.05) is 6.92 Å². The molecule has 1 nitrogen and oxygen atoms in total. The molecule has 0 unspecified atom stereocenters. The fraction of sp³-hybridized carbons (Fsp3) is 0.500. The van der Waals surface area contributed by atoms with E-state index in [0.717, 1.165) is 16.8 Å². The van der Waals surface area contributed by atoms with Crippen LogP contribution < -0.4 is 0 Å². The Kier molecular flexibility index (Phi) is 5.91. The molecule has 40 valence electrons. The summed E-state index contributed by atoms with van der Waals surface area (Å²) in [4.78, 5) is 0. The Morgan fingerprint density at radius 2 is 2.57 bits per heavy atom. The molecule has 0 atom stereocenters.